The van der Waals surface area contributed by atoms with Gasteiger partial charge >= 0.3 is 0 Å². The number of rotatable bonds is 5. The van der Waals surface area contributed by atoms with E-state index in [0.29, 0.717) is 16.2 Å². The van der Waals surface area contributed by atoms with Crippen LogP contribution in [0.15, 0.2) is 33.9 Å². The maximum atomic E-state index is 12.1. The summed E-state index contributed by atoms with van der Waals surface area (Å²) in [5, 5.41) is 20.6. The first-order valence-electron chi connectivity index (χ1n) is 7.98. The zero-order chi connectivity index (χ0) is 18.7. The molecule has 0 unspecified atom stereocenters. The Kier molecular flexibility index (Phi) is 5.38. The summed E-state index contributed by atoms with van der Waals surface area (Å²) in [6.07, 6.45) is 0. The van der Waals surface area contributed by atoms with E-state index in [1.807, 2.05) is 31.2 Å². The number of nitrogens with zero attached hydrogens (tertiary/aromatic N) is 4. The van der Waals surface area contributed by atoms with Gasteiger partial charge in [0.2, 0.25) is 16.9 Å². The highest BCUT2D eigenvalue weighted by molar-refractivity contribution is 7.99. The molecule has 0 fully saturated rings. The number of hydrogen-bond acceptors (Lipinski definition) is 8. The highest BCUT2D eigenvalue weighted by atomic mass is 32.2. The van der Waals surface area contributed by atoms with Crippen LogP contribution >= 0.6 is 23.1 Å². The Labute approximate surface area is 159 Å². The first-order chi connectivity index (χ1) is 12.3. The monoisotopic (exact) mass is 389 g/mol. The smallest absolute Gasteiger partial charge is 0.277 e. The molecule has 2 heterocycles. The third-order valence-corrected chi connectivity index (χ3v) is 5.39. The molecular formula is C17H19N5O2S2. The molecular weight excluding hydrogens is 370 g/mol. The van der Waals surface area contributed by atoms with Gasteiger partial charge in [-0.1, -0.05) is 61.6 Å². The van der Waals surface area contributed by atoms with Crippen molar-refractivity contribution in [2.45, 2.75) is 38.3 Å². The van der Waals surface area contributed by atoms with Gasteiger partial charge in [0.25, 0.3) is 5.22 Å². The summed E-state index contributed by atoms with van der Waals surface area (Å²) in [4.78, 5) is 12.1. The average Bonchev–Trinajstić information content (AvgIpc) is 3.22. The molecule has 0 aliphatic carbocycles. The van der Waals surface area contributed by atoms with Gasteiger partial charge in [-0.2, -0.15) is 0 Å². The van der Waals surface area contributed by atoms with Crippen molar-refractivity contribution >= 4 is 34.1 Å². The van der Waals surface area contributed by atoms with E-state index < -0.39 is 0 Å². The minimum atomic E-state index is -0.193. The second-order valence-corrected chi connectivity index (χ2v) is 8.65. The quantitative estimate of drug-likeness (QED) is 0.661. The summed E-state index contributed by atoms with van der Waals surface area (Å²) in [5.74, 6) is 0.400. The van der Waals surface area contributed by atoms with Crippen molar-refractivity contribution in [1.82, 2.24) is 20.4 Å². The Morgan fingerprint density at radius 2 is 2.04 bits per heavy atom. The molecule has 26 heavy (non-hydrogen) atoms. The molecule has 0 saturated carbocycles. The lowest BCUT2D eigenvalue weighted by molar-refractivity contribution is -0.113. The lowest BCUT2D eigenvalue weighted by Gasteiger charge is -2.12. The van der Waals surface area contributed by atoms with E-state index in [1.165, 1.54) is 23.1 Å². The summed E-state index contributed by atoms with van der Waals surface area (Å²) in [5.41, 5.74) is 1.88. The number of thioether (sulfide) groups is 1. The van der Waals surface area contributed by atoms with Crippen LogP contribution in [0.5, 0.6) is 0 Å². The van der Waals surface area contributed by atoms with Gasteiger partial charge < -0.3 is 4.42 Å². The van der Waals surface area contributed by atoms with Crippen molar-refractivity contribution in [3.8, 4) is 11.5 Å². The van der Waals surface area contributed by atoms with Gasteiger partial charge in [0.15, 0.2) is 0 Å². The Morgan fingerprint density at radius 3 is 2.73 bits per heavy atom. The molecule has 0 spiro atoms. The van der Waals surface area contributed by atoms with Crippen LogP contribution in [0.1, 0.15) is 31.3 Å². The topological polar surface area (TPSA) is 93.8 Å². The zero-order valence-corrected chi connectivity index (χ0v) is 16.6. The fourth-order valence-electron chi connectivity index (χ4n) is 2.02. The number of carbonyl (C=O) groups is 1. The van der Waals surface area contributed by atoms with Gasteiger partial charge in [0, 0.05) is 11.0 Å². The van der Waals surface area contributed by atoms with Crippen LogP contribution in [-0.2, 0) is 10.2 Å². The second kappa shape index (κ2) is 7.55. The summed E-state index contributed by atoms with van der Waals surface area (Å²) in [7, 11) is 0. The molecule has 0 saturated heterocycles. The van der Waals surface area contributed by atoms with Gasteiger partial charge in [0.05, 0.1) is 5.75 Å². The lowest BCUT2D eigenvalue weighted by atomic mass is 9.98. The highest BCUT2D eigenvalue weighted by Gasteiger charge is 2.20. The first kappa shape index (κ1) is 18.5. The van der Waals surface area contributed by atoms with Gasteiger partial charge in [-0.3, -0.25) is 10.1 Å². The number of aryl methyl sites for hydroxylation is 1. The first-order valence-corrected chi connectivity index (χ1v) is 9.78. The van der Waals surface area contributed by atoms with Gasteiger partial charge in [-0.05, 0) is 19.1 Å². The molecule has 0 bridgehead atoms. The molecule has 2 aromatic heterocycles. The number of carbonyl (C=O) groups excluding carboxylic acids is 1. The molecule has 136 valence electrons. The average molecular weight is 390 g/mol. The van der Waals surface area contributed by atoms with Crippen LogP contribution < -0.4 is 5.32 Å². The standard InChI is InChI=1S/C17H19N5O2S2/c1-10-6-5-7-11(8-10)13-19-22-16(24-13)25-9-12(23)18-15-21-20-14(26-15)17(2,3)4/h5-8H,9H2,1-4H3,(H,18,21,23). The van der Waals surface area contributed by atoms with E-state index in [4.69, 9.17) is 4.42 Å². The highest BCUT2D eigenvalue weighted by Crippen LogP contribution is 2.28. The normalized spacial score (nSPS) is 11.5. The summed E-state index contributed by atoms with van der Waals surface area (Å²) in [6, 6.07) is 7.81. The molecule has 1 aromatic carbocycles. The number of amides is 1. The Hall–Kier alpha value is -2.26. The number of nitrogens with one attached hydrogen (secondary N) is 1. The van der Waals surface area contributed by atoms with E-state index in [9.17, 15) is 4.79 Å². The van der Waals surface area contributed by atoms with Crippen LogP contribution in [0, 0.1) is 6.92 Å². The predicted molar refractivity (Wildman–Crippen MR) is 102 cm³/mol. The maximum Gasteiger partial charge on any atom is 0.277 e. The molecule has 1 amide bonds. The van der Waals surface area contributed by atoms with Crippen molar-refractivity contribution in [3.63, 3.8) is 0 Å². The minimum Gasteiger partial charge on any atom is -0.411 e. The van der Waals surface area contributed by atoms with Crippen molar-refractivity contribution < 1.29 is 9.21 Å². The van der Waals surface area contributed by atoms with Crippen molar-refractivity contribution in [1.29, 1.82) is 0 Å². The molecule has 0 aliphatic rings. The van der Waals surface area contributed by atoms with Crippen molar-refractivity contribution in [2.75, 3.05) is 11.1 Å². The Bertz CT molecular complexity index is 914. The molecule has 9 heteroatoms. The Morgan fingerprint density at radius 1 is 1.23 bits per heavy atom. The summed E-state index contributed by atoms with van der Waals surface area (Å²) >= 11 is 2.56. The molecule has 0 radical (unpaired) electrons. The summed E-state index contributed by atoms with van der Waals surface area (Å²) in [6.45, 7) is 8.15. The molecule has 1 N–H and O–H groups in total. The van der Waals surface area contributed by atoms with E-state index in [0.717, 1.165) is 16.1 Å². The number of aromatic nitrogens is 4. The van der Waals surface area contributed by atoms with E-state index in [1.54, 1.807) is 0 Å². The van der Waals surface area contributed by atoms with Crippen LogP contribution in [0.25, 0.3) is 11.5 Å². The number of hydrogen-bond donors (Lipinski definition) is 1. The fraction of sp³-hybridized carbons (Fsp3) is 0.353. The van der Waals surface area contributed by atoms with E-state index in [-0.39, 0.29) is 17.1 Å². The van der Waals surface area contributed by atoms with Crippen molar-refractivity contribution in [2.24, 2.45) is 0 Å². The van der Waals surface area contributed by atoms with Gasteiger partial charge in [-0.25, -0.2) is 0 Å². The SMILES string of the molecule is Cc1cccc(-c2nnc(SCC(=O)Nc3nnc(C(C)(C)C)s3)o2)c1. The lowest BCUT2D eigenvalue weighted by Crippen LogP contribution is -2.13. The zero-order valence-electron chi connectivity index (χ0n) is 14.9. The number of benzene rings is 1. The summed E-state index contributed by atoms with van der Waals surface area (Å²) < 4.78 is 5.61. The second-order valence-electron chi connectivity index (χ2n) is 6.74. The van der Waals surface area contributed by atoms with Gasteiger partial charge in [0.1, 0.15) is 5.01 Å². The molecule has 3 aromatic rings. The minimum absolute atomic E-state index is 0.0919. The van der Waals surface area contributed by atoms with Crippen LogP contribution in [0.4, 0.5) is 5.13 Å². The van der Waals surface area contributed by atoms with E-state index >= 15 is 0 Å². The Balaban J connectivity index is 1.56. The van der Waals surface area contributed by atoms with Crippen molar-refractivity contribution in [3.05, 3.63) is 34.8 Å². The molecule has 3 rings (SSSR count). The van der Waals surface area contributed by atoms with Crippen LogP contribution in [0.3, 0.4) is 0 Å². The third-order valence-electron chi connectivity index (χ3n) is 3.31. The largest absolute Gasteiger partial charge is 0.411 e. The number of anilines is 1. The molecule has 0 aliphatic heterocycles. The van der Waals surface area contributed by atoms with E-state index in [2.05, 4.69) is 46.5 Å². The van der Waals surface area contributed by atoms with Crippen LogP contribution in [0.2, 0.25) is 0 Å². The molecule has 7 nitrogen and oxygen atoms in total. The van der Waals surface area contributed by atoms with Crippen LogP contribution in [-0.4, -0.2) is 32.1 Å². The maximum absolute atomic E-state index is 12.1. The molecule has 0 atom stereocenters. The fourth-order valence-corrected chi connectivity index (χ4v) is 3.40. The predicted octanol–water partition coefficient (Wildman–Crippen LogP) is 3.92. The van der Waals surface area contributed by atoms with Gasteiger partial charge in [-0.15, -0.1) is 20.4 Å². The third kappa shape index (κ3) is 4.67.